The first kappa shape index (κ1) is 18.8. The van der Waals surface area contributed by atoms with Crippen molar-refractivity contribution in [1.82, 2.24) is 9.29 Å². The van der Waals surface area contributed by atoms with E-state index in [2.05, 4.69) is 4.98 Å². The number of ether oxygens (including phenoxy) is 1. The predicted molar refractivity (Wildman–Crippen MR) is 96.3 cm³/mol. The van der Waals surface area contributed by atoms with Crippen LogP contribution in [0, 0.1) is 6.92 Å². The minimum atomic E-state index is -3.93. The average Bonchev–Trinajstić information content (AvgIpc) is 3.06. The quantitative estimate of drug-likeness (QED) is 0.763. The van der Waals surface area contributed by atoms with Crippen molar-refractivity contribution in [3.05, 3.63) is 48.3 Å². The summed E-state index contributed by atoms with van der Waals surface area (Å²) in [6, 6.07) is 9.21. The van der Waals surface area contributed by atoms with Crippen LogP contribution < -0.4 is 4.74 Å². The molecule has 1 aromatic carbocycles. The highest BCUT2D eigenvalue weighted by atomic mass is 32.2. The first-order valence-electron chi connectivity index (χ1n) is 8.07. The van der Waals surface area contributed by atoms with Gasteiger partial charge in [-0.25, -0.2) is 16.8 Å². The zero-order valence-corrected chi connectivity index (χ0v) is 16.1. The lowest BCUT2D eigenvalue weighted by Gasteiger charge is -2.19. The van der Waals surface area contributed by atoms with Crippen molar-refractivity contribution in [3.8, 4) is 5.75 Å². The van der Waals surface area contributed by atoms with Gasteiger partial charge in [-0.2, -0.15) is 4.31 Å². The van der Waals surface area contributed by atoms with E-state index in [0.717, 1.165) is 11.9 Å². The summed E-state index contributed by atoms with van der Waals surface area (Å²) >= 11 is 0. The molecular weight excluding hydrogens is 376 g/mol. The molecule has 26 heavy (non-hydrogen) atoms. The normalized spacial score (nSPS) is 18.8. The Hall–Kier alpha value is -1.97. The molecule has 0 saturated carbocycles. The molecule has 0 aliphatic carbocycles. The summed E-state index contributed by atoms with van der Waals surface area (Å²) in [7, 11) is -7.59. The maximum Gasteiger partial charge on any atom is 0.244 e. The molecule has 0 spiro atoms. The molecule has 1 aliphatic heterocycles. The van der Waals surface area contributed by atoms with Crippen LogP contribution in [0.15, 0.2) is 52.4 Å². The van der Waals surface area contributed by atoms with Gasteiger partial charge in [-0.3, -0.25) is 4.98 Å². The van der Waals surface area contributed by atoms with Crippen LogP contribution in [0.4, 0.5) is 0 Å². The fourth-order valence-electron chi connectivity index (χ4n) is 2.89. The van der Waals surface area contributed by atoms with Crippen LogP contribution in [0.25, 0.3) is 0 Å². The number of benzene rings is 1. The molecule has 0 radical (unpaired) electrons. The van der Waals surface area contributed by atoms with Crippen LogP contribution in [0.1, 0.15) is 12.1 Å². The Morgan fingerprint density at radius 2 is 1.77 bits per heavy atom. The number of pyridine rings is 1. The molecular formula is C17H20N2O5S2. The molecule has 0 N–H and O–H groups in total. The second kappa shape index (κ2) is 6.98. The second-order valence-corrected chi connectivity index (χ2v) is 10.1. The van der Waals surface area contributed by atoms with E-state index in [9.17, 15) is 16.8 Å². The second-order valence-electron chi connectivity index (χ2n) is 6.20. The van der Waals surface area contributed by atoms with Crippen LogP contribution in [0.3, 0.4) is 0 Å². The molecule has 2 aromatic rings. The zero-order valence-electron chi connectivity index (χ0n) is 14.5. The minimum absolute atomic E-state index is 0.161. The van der Waals surface area contributed by atoms with Crippen LogP contribution in [-0.4, -0.2) is 51.6 Å². The molecule has 9 heteroatoms. The van der Waals surface area contributed by atoms with Gasteiger partial charge in [0.1, 0.15) is 16.7 Å². The van der Waals surface area contributed by atoms with E-state index in [1.165, 1.54) is 28.6 Å². The summed E-state index contributed by atoms with van der Waals surface area (Å²) in [6.07, 6.45) is 2.88. The monoisotopic (exact) mass is 396 g/mol. The highest BCUT2D eigenvalue weighted by Gasteiger charge is 2.36. The molecule has 1 atom stereocenters. The number of sulfone groups is 1. The number of aryl methyl sites for hydroxylation is 1. The Balaban J connectivity index is 1.84. The SMILES string of the molecule is Cc1ncccc1O[C@@H]1CCN(S(=O)(=O)c2ccccc2S(C)(=O)=O)C1. The summed E-state index contributed by atoms with van der Waals surface area (Å²) in [5, 5.41) is 0. The molecule has 7 nitrogen and oxygen atoms in total. The number of nitrogens with zero attached hydrogens (tertiary/aromatic N) is 2. The highest BCUT2D eigenvalue weighted by molar-refractivity contribution is 7.93. The molecule has 0 bridgehead atoms. The largest absolute Gasteiger partial charge is 0.487 e. The maximum absolute atomic E-state index is 13.0. The van der Waals surface area contributed by atoms with Gasteiger partial charge in [0.2, 0.25) is 10.0 Å². The fourth-order valence-corrected chi connectivity index (χ4v) is 5.98. The number of hydrogen-bond acceptors (Lipinski definition) is 6. The number of aromatic nitrogens is 1. The molecule has 0 unspecified atom stereocenters. The van der Waals surface area contributed by atoms with Crippen LogP contribution in [0.5, 0.6) is 5.75 Å². The molecule has 2 heterocycles. The third-order valence-electron chi connectivity index (χ3n) is 4.23. The lowest BCUT2D eigenvalue weighted by Crippen LogP contribution is -2.32. The highest BCUT2D eigenvalue weighted by Crippen LogP contribution is 2.28. The molecule has 1 saturated heterocycles. The van der Waals surface area contributed by atoms with Gasteiger partial charge in [0.25, 0.3) is 0 Å². The van der Waals surface area contributed by atoms with Gasteiger partial charge in [-0.05, 0) is 37.6 Å². The summed E-state index contributed by atoms with van der Waals surface area (Å²) in [6.45, 7) is 2.25. The van der Waals surface area contributed by atoms with E-state index >= 15 is 0 Å². The van der Waals surface area contributed by atoms with E-state index in [0.29, 0.717) is 12.2 Å². The summed E-state index contributed by atoms with van der Waals surface area (Å²) < 4.78 is 57.0. The van der Waals surface area contributed by atoms with E-state index in [4.69, 9.17) is 4.74 Å². The van der Waals surface area contributed by atoms with Crippen molar-refractivity contribution >= 4 is 19.9 Å². The van der Waals surface area contributed by atoms with Gasteiger partial charge in [0.15, 0.2) is 9.84 Å². The van der Waals surface area contributed by atoms with Crippen LogP contribution >= 0.6 is 0 Å². The molecule has 1 aliphatic rings. The Kier molecular flexibility index (Phi) is 5.05. The summed E-state index contributed by atoms with van der Waals surface area (Å²) in [5.41, 5.74) is 0.733. The van der Waals surface area contributed by atoms with E-state index in [1.54, 1.807) is 18.3 Å². The molecule has 140 valence electrons. The van der Waals surface area contributed by atoms with E-state index < -0.39 is 19.9 Å². The maximum atomic E-state index is 13.0. The van der Waals surface area contributed by atoms with E-state index in [-0.39, 0.29) is 29.0 Å². The van der Waals surface area contributed by atoms with Crippen molar-refractivity contribution in [2.45, 2.75) is 29.2 Å². The van der Waals surface area contributed by atoms with Crippen molar-refractivity contribution in [2.24, 2.45) is 0 Å². The number of sulfonamides is 1. The smallest absolute Gasteiger partial charge is 0.244 e. The predicted octanol–water partition coefficient (Wildman–Crippen LogP) is 1.64. The Morgan fingerprint density at radius 1 is 1.08 bits per heavy atom. The third kappa shape index (κ3) is 3.74. The molecule has 0 amide bonds. The molecule has 3 rings (SSSR count). The number of rotatable bonds is 5. The lowest BCUT2D eigenvalue weighted by molar-refractivity contribution is 0.213. The van der Waals surface area contributed by atoms with Crippen molar-refractivity contribution < 1.29 is 21.6 Å². The average molecular weight is 396 g/mol. The topological polar surface area (TPSA) is 93.6 Å². The van der Waals surface area contributed by atoms with Gasteiger partial charge in [-0.15, -0.1) is 0 Å². The fraction of sp³-hybridized carbons (Fsp3) is 0.353. The van der Waals surface area contributed by atoms with Gasteiger partial charge in [-0.1, -0.05) is 12.1 Å². The third-order valence-corrected chi connectivity index (χ3v) is 7.43. The van der Waals surface area contributed by atoms with Gasteiger partial charge in [0.05, 0.1) is 17.1 Å². The first-order chi connectivity index (χ1) is 12.2. The standard InChI is InChI=1S/C17H20N2O5S2/c1-13-15(6-5-10-18-13)24-14-9-11-19(12-14)26(22,23)17-8-4-3-7-16(17)25(2,20)21/h3-8,10,14H,9,11-12H2,1-2H3/t14-/m1/s1. The van der Waals surface area contributed by atoms with Gasteiger partial charge < -0.3 is 4.74 Å². The summed E-state index contributed by atoms with van der Waals surface area (Å²) in [4.78, 5) is 3.77. The minimum Gasteiger partial charge on any atom is -0.487 e. The van der Waals surface area contributed by atoms with Crippen molar-refractivity contribution in [1.29, 1.82) is 0 Å². The van der Waals surface area contributed by atoms with Gasteiger partial charge in [0, 0.05) is 19.0 Å². The molecule has 1 fully saturated rings. The van der Waals surface area contributed by atoms with Crippen molar-refractivity contribution in [3.63, 3.8) is 0 Å². The van der Waals surface area contributed by atoms with Crippen LogP contribution in [-0.2, 0) is 19.9 Å². The first-order valence-corrected chi connectivity index (χ1v) is 11.4. The van der Waals surface area contributed by atoms with Crippen LogP contribution in [0.2, 0.25) is 0 Å². The van der Waals surface area contributed by atoms with Crippen molar-refractivity contribution in [2.75, 3.05) is 19.3 Å². The van der Waals surface area contributed by atoms with Gasteiger partial charge >= 0.3 is 0 Å². The Morgan fingerprint density at radius 3 is 2.42 bits per heavy atom. The molecule has 1 aromatic heterocycles. The number of hydrogen-bond donors (Lipinski definition) is 0. The Bertz CT molecular complexity index is 1020. The Labute approximate surface area is 153 Å². The summed E-state index contributed by atoms with van der Waals surface area (Å²) in [5.74, 6) is 0.619. The zero-order chi connectivity index (χ0) is 18.9. The van der Waals surface area contributed by atoms with E-state index in [1.807, 2.05) is 6.92 Å². The lowest BCUT2D eigenvalue weighted by atomic mass is 10.3.